The number of anilines is 1. The van der Waals surface area contributed by atoms with Gasteiger partial charge in [0.1, 0.15) is 12.2 Å². The van der Waals surface area contributed by atoms with Crippen molar-refractivity contribution in [1.29, 1.82) is 0 Å². The van der Waals surface area contributed by atoms with Crippen molar-refractivity contribution in [3.63, 3.8) is 0 Å². The van der Waals surface area contributed by atoms with Crippen molar-refractivity contribution >= 4 is 30.3 Å². The zero-order valence-corrected chi connectivity index (χ0v) is 16.8. The zero-order valence-electron chi connectivity index (χ0n) is 15.9. The van der Waals surface area contributed by atoms with Crippen LogP contribution in [0.5, 0.6) is 0 Å². The summed E-state index contributed by atoms with van der Waals surface area (Å²) in [5, 5.41) is 23.9. The highest BCUT2D eigenvalue weighted by Crippen LogP contribution is 2.39. The van der Waals surface area contributed by atoms with Gasteiger partial charge in [-0.15, -0.1) is 13.2 Å². The highest BCUT2D eigenvalue weighted by atomic mass is 31.2. The number of fused-ring (bicyclic) bond motifs is 1. The van der Waals surface area contributed by atoms with E-state index in [4.69, 9.17) is 4.74 Å². The number of hydrogen-bond donors (Lipinski definition) is 4. The summed E-state index contributed by atoms with van der Waals surface area (Å²) in [7, 11) is 0. The maximum atomic E-state index is 12.2. The molecule has 27 heavy (non-hydrogen) atoms. The molecule has 10 heteroatoms. The van der Waals surface area contributed by atoms with Crippen LogP contribution < -0.4 is 10.9 Å². The van der Waals surface area contributed by atoms with Gasteiger partial charge in [-0.3, -0.25) is 14.3 Å². The summed E-state index contributed by atoms with van der Waals surface area (Å²) in [5.74, 6) is 0.337. The highest BCUT2D eigenvalue weighted by molar-refractivity contribution is 7.72. The van der Waals surface area contributed by atoms with Crippen molar-refractivity contribution in [1.82, 2.24) is 19.5 Å². The molecule has 2 unspecified atom stereocenters. The number of nitrogens with zero attached hydrogens (tertiary/aromatic N) is 3. The Morgan fingerprint density at radius 1 is 1.41 bits per heavy atom. The van der Waals surface area contributed by atoms with Gasteiger partial charge >= 0.3 is 0 Å². The number of ether oxygens (including phenoxy) is 1. The van der Waals surface area contributed by atoms with Crippen LogP contribution in [0.3, 0.4) is 0 Å². The predicted octanol–water partition coefficient (Wildman–Crippen LogP) is 0.660. The fourth-order valence-corrected chi connectivity index (χ4v) is 4.07. The predicted molar refractivity (Wildman–Crippen MR) is 108 cm³/mol. The standard InChI is InChI=1S/C17H28N5O4P/c1-5-7-18-17-20-14-11(15(25)21-17)19-9-22(14)16-13(24)12(23)10(26-16)6-8-27(2,3)4/h9-10,12-13,16,23-24H,2,5-8H2,1,3-4H3,(H2,18,20,21,25)/t10?,12-,13-,16?/m1/s1. The van der Waals surface area contributed by atoms with Crippen molar-refractivity contribution in [2.45, 2.75) is 44.3 Å². The molecule has 0 aromatic carbocycles. The maximum absolute atomic E-state index is 12.2. The Balaban J connectivity index is 1.89. The molecule has 2 aromatic heterocycles. The highest BCUT2D eigenvalue weighted by Gasteiger charge is 2.44. The van der Waals surface area contributed by atoms with Crippen LogP contribution in [0.4, 0.5) is 5.95 Å². The molecule has 3 heterocycles. The van der Waals surface area contributed by atoms with Crippen LogP contribution in [0.25, 0.3) is 11.2 Å². The van der Waals surface area contributed by atoms with Crippen molar-refractivity contribution < 1.29 is 14.9 Å². The van der Waals surface area contributed by atoms with Gasteiger partial charge in [0.2, 0.25) is 5.95 Å². The molecule has 4 N–H and O–H groups in total. The average molecular weight is 397 g/mol. The lowest BCUT2D eigenvalue weighted by Gasteiger charge is -2.18. The third-order valence-electron chi connectivity index (χ3n) is 4.61. The lowest BCUT2D eigenvalue weighted by molar-refractivity contribution is -0.0353. The smallest absolute Gasteiger partial charge is 0.280 e. The molecule has 1 aliphatic heterocycles. The largest absolute Gasteiger partial charge is 0.388 e. The molecular weight excluding hydrogens is 369 g/mol. The Hall–Kier alpha value is -1.67. The maximum Gasteiger partial charge on any atom is 0.280 e. The Morgan fingerprint density at radius 2 is 2.15 bits per heavy atom. The second-order valence-corrected chi connectivity index (χ2v) is 12.0. The summed E-state index contributed by atoms with van der Waals surface area (Å²) in [6, 6.07) is 0. The van der Waals surface area contributed by atoms with Crippen LogP contribution in [0.2, 0.25) is 0 Å². The molecule has 9 nitrogen and oxygen atoms in total. The van der Waals surface area contributed by atoms with Crippen LogP contribution in [-0.4, -0.2) is 80.4 Å². The van der Waals surface area contributed by atoms with Gasteiger partial charge in [-0.25, -0.2) is 4.98 Å². The molecule has 0 bridgehead atoms. The fraction of sp³-hybridized carbons (Fsp3) is 0.647. The van der Waals surface area contributed by atoms with Crippen LogP contribution in [0.1, 0.15) is 26.0 Å². The van der Waals surface area contributed by atoms with Gasteiger partial charge in [-0.05, 0) is 32.3 Å². The van der Waals surface area contributed by atoms with E-state index in [1.165, 1.54) is 10.9 Å². The summed E-state index contributed by atoms with van der Waals surface area (Å²) in [6.07, 6.45) is 4.43. The van der Waals surface area contributed by atoms with Gasteiger partial charge in [0, 0.05) is 6.54 Å². The van der Waals surface area contributed by atoms with E-state index in [9.17, 15) is 15.0 Å². The fourth-order valence-electron chi connectivity index (χ4n) is 3.11. The zero-order chi connectivity index (χ0) is 19.8. The van der Waals surface area contributed by atoms with E-state index in [2.05, 4.69) is 39.9 Å². The molecule has 1 aliphatic rings. The van der Waals surface area contributed by atoms with Gasteiger partial charge in [0.15, 0.2) is 17.4 Å². The molecule has 0 spiro atoms. The van der Waals surface area contributed by atoms with Gasteiger partial charge in [0.05, 0.1) is 12.4 Å². The summed E-state index contributed by atoms with van der Waals surface area (Å²) >= 11 is 0. The van der Waals surface area contributed by atoms with Crippen molar-refractivity contribution in [3.05, 3.63) is 16.7 Å². The second-order valence-electron chi connectivity index (χ2n) is 7.66. The minimum absolute atomic E-state index is 0.163. The van der Waals surface area contributed by atoms with E-state index in [1.54, 1.807) is 0 Å². The number of aromatic amines is 1. The van der Waals surface area contributed by atoms with Gasteiger partial charge < -0.3 is 20.3 Å². The molecule has 3 rings (SSSR count). The van der Waals surface area contributed by atoms with E-state index in [-0.39, 0.29) is 11.1 Å². The number of imidazole rings is 1. The van der Waals surface area contributed by atoms with E-state index in [0.717, 1.165) is 12.6 Å². The van der Waals surface area contributed by atoms with Gasteiger partial charge in [-0.2, -0.15) is 4.98 Å². The first-order valence-corrected chi connectivity index (χ1v) is 12.2. The molecule has 2 aromatic rings. The molecule has 1 saturated heterocycles. The topological polar surface area (TPSA) is 125 Å². The van der Waals surface area contributed by atoms with Crippen molar-refractivity contribution in [2.75, 3.05) is 31.4 Å². The summed E-state index contributed by atoms with van der Waals surface area (Å²) in [5.41, 5.74) is 0.0976. The summed E-state index contributed by atoms with van der Waals surface area (Å²) in [6.45, 7) is 5.64. The number of aliphatic hydroxyl groups excluding tert-OH is 2. The molecule has 150 valence electrons. The molecule has 0 amide bonds. The van der Waals surface area contributed by atoms with Crippen molar-refractivity contribution in [3.8, 4) is 0 Å². The Bertz CT molecular complexity index is 904. The number of nitrogens with one attached hydrogen (secondary N) is 2. The Morgan fingerprint density at radius 3 is 2.81 bits per heavy atom. The first kappa shape index (κ1) is 20.1. The number of hydrogen-bond acceptors (Lipinski definition) is 7. The monoisotopic (exact) mass is 397 g/mol. The van der Waals surface area contributed by atoms with Gasteiger partial charge in [-0.1, -0.05) is 6.92 Å². The summed E-state index contributed by atoms with van der Waals surface area (Å²) < 4.78 is 7.45. The lowest BCUT2D eigenvalue weighted by Crippen LogP contribution is -2.32. The number of H-pyrrole nitrogens is 1. The molecule has 1 fully saturated rings. The molecule has 0 aliphatic carbocycles. The van der Waals surface area contributed by atoms with Crippen molar-refractivity contribution in [2.24, 2.45) is 0 Å². The molecule has 4 atom stereocenters. The minimum atomic E-state index is -1.27. The average Bonchev–Trinajstić information content (AvgIpc) is 3.13. The van der Waals surface area contributed by atoms with E-state index >= 15 is 0 Å². The minimum Gasteiger partial charge on any atom is -0.388 e. The molecule has 0 saturated carbocycles. The third-order valence-corrected chi connectivity index (χ3v) is 6.07. The van der Waals surface area contributed by atoms with Crippen LogP contribution in [-0.2, 0) is 4.74 Å². The summed E-state index contributed by atoms with van der Waals surface area (Å²) in [4.78, 5) is 23.4. The SMILES string of the molecule is C=P(C)(C)CCC1OC(n2cnc3c(=O)[nH]c(NCCC)nc32)[C@H](O)[C@@H]1O. The number of rotatable bonds is 7. The van der Waals surface area contributed by atoms with Crippen LogP contribution in [0.15, 0.2) is 11.1 Å². The van der Waals surface area contributed by atoms with E-state index in [0.29, 0.717) is 24.6 Å². The number of aromatic nitrogens is 4. The first-order valence-electron chi connectivity index (χ1n) is 9.11. The third kappa shape index (κ3) is 4.27. The van der Waals surface area contributed by atoms with E-state index in [1.807, 2.05) is 6.92 Å². The van der Waals surface area contributed by atoms with Gasteiger partial charge in [0.25, 0.3) is 5.56 Å². The Labute approximate surface area is 157 Å². The normalized spacial score (nSPS) is 26.0. The number of aliphatic hydroxyl groups is 2. The first-order chi connectivity index (χ1) is 12.7. The van der Waals surface area contributed by atoms with E-state index < -0.39 is 31.4 Å². The Kier molecular flexibility index (Phi) is 5.76. The lowest BCUT2D eigenvalue weighted by atomic mass is 10.1. The molecular formula is C17H28N5O4P. The molecule has 0 radical (unpaired) electrons. The second kappa shape index (κ2) is 7.75. The quantitative estimate of drug-likeness (QED) is 0.506. The van der Waals surface area contributed by atoms with Crippen LogP contribution in [0, 0.1) is 0 Å². The van der Waals surface area contributed by atoms with Crippen LogP contribution >= 0.6 is 6.89 Å².